The van der Waals surface area contributed by atoms with Crippen molar-refractivity contribution in [3.8, 4) is 11.8 Å². The summed E-state index contributed by atoms with van der Waals surface area (Å²) in [7, 11) is 0. The van der Waals surface area contributed by atoms with Crippen LogP contribution in [0, 0.1) is 39.7 Å². The summed E-state index contributed by atoms with van der Waals surface area (Å²) in [6.07, 6.45) is -1.03. The SMILES string of the molecule is CC(=N)n1c(=N)nc(N(CC(F)F)c2cccc(C#CC3(C)CC3)c2F)c2cc(F)ccc21. The van der Waals surface area contributed by atoms with Gasteiger partial charge in [0.15, 0.2) is 5.82 Å². The average Bonchev–Trinajstić information content (AvgIpc) is 3.48. The van der Waals surface area contributed by atoms with Crippen LogP contribution in [0.1, 0.15) is 32.3 Å². The minimum atomic E-state index is -2.87. The molecule has 1 saturated carbocycles. The summed E-state index contributed by atoms with van der Waals surface area (Å²) in [5.41, 5.74) is -0.504. The molecule has 1 fully saturated rings. The average molecular weight is 455 g/mol. The number of halogens is 4. The first kappa shape index (κ1) is 22.5. The monoisotopic (exact) mass is 455 g/mol. The molecule has 2 aromatic carbocycles. The standard InChI is InChI=1S/C24H21F4N5/c1-14(29)33-18-7-6-16(25)12-17(18)22(31-23(33)30)32(13-20(26)27)19-5-3-4-15(21(19)28)8-9-24(2)10-11-24/h3-7,12,20,29-30H,10-11,13H2,1-2H3. The van der Waals surface area contributed by atoms with Gasteiger partial charge in [0, 0.05) is 10.8 Å². The van der Waals surface area contributed by atoms with E-state index in [1.165, 1.54) is 31.2 Å². The van der Waals surface area contributed by atoms with E-state index in [0.717, 1.165) is 34.4 Å². The maximum Gasteiger partial charge on any atom is 0.256 e. The summed E-state index contributed by atoms with van der Waals surface area (Å²) < 4.78 is 58.0. The van der Waals surface area contributed by atoms with E-state index >= 15 is 4.39 Å². The summed E-state index contributed by atoms with van der Waals surface area (Å²) in [5.74, 6) is 4.11. The fourth-order valence-corrected chi connectivity index (χ4v) is 3.54. The number of benzene rings is 2. The number of anilines is 2. The van der Waals surface area contributed by atoms with Gasteiger partial charge in [-0.25, -0.2) is 17.6 Å². The van der Waals surface area contributed by atoms with Gasteiger partial charge < -0.3 is 4.90 Å². The van der Waals surface area contributed by atoms with E-state index in [4.69, 9.17) is 10.8 Å². The van der Waals surface area contributed by atoms with E-state index in [9.17, 15) is 13.2 Å². The molecule has 170 valence electrons. The van der Waals surface area contributed by atoms with Crippen molar-refractivity contribution in [2.24, 2.45) is 5.41 Å². The van der Waals surface area contributed by atoms with Crippen molar-refractivity contribution < 1.29 is 17.6 Å². The number of nitrogens with zero attached hydrogens (tertiary/aromatic N) is 3. The molecular weight excluding hydrogens is 434 g/mol. The molecule has 0 atom stereocenters. The number of nitrogens with one attached hydrogen (secondary N) is 2. The van der Waals surface area contributed by atoms with Crippen molar-refractivity contribution in [3.63, 3.8) is 0 Å². The Balaban J connectivity index is 1.96. The zero-order valence-corrected chi connectivity index (χ0v) is 18.0. The van der Waals surface area contributed by atoms with Gasteiger partial charge in [0.05, 0.1) is 23.3 Å². The van der Waals surface area contributed by atoms with E-state index in [1.54, 1.807) is 0 Å². The van der Waals surface area contributed by atoms with Gasteiger partial charge in [-0.3, -0.25) is 15.4 Å². The molecule has 3 aromatic rings. The van der Waals surface area contributed by atoms with E-state index in [0.29, 0.717) is 0 Å². The molecule has 5 nitrogen and oxygen atoms in total. The lowest BCUT2D eigenvalue weighted by atomic mass is 10.1. The first-order chi connectivity index (χ1) is 15.6. The normalized spacial score (nSPS) is 14.2. The van der Waals surface area contributed by atoms with Gasteiger partial charge in [-0.05, 0) is 57.0 Å². The second kappa shape index (κ2) is 8.35. The highest BCUT2D eigenvalue weighted by Crippen LogP contribution is 2.44. The van der Waals surface area contributed by atoms with Crippen molar-refractivity contribution in [1.82, 2.24) is 9.55 Å². The van der Waals surface area contributed by atoms with Gasteiger partial charge in [0.1, 0.15) is 17.5 Å². The van der Waals surface area contributed by atoms with Crippen LogP contribution >= 0.6 is 0 Å². The topological polar surface area (TPSA) is 68.8 Å². The quantitative estimate of drug-likeness (QED) is 0.246. The summed E-state index contributed by atoms with van der Waals surface area (Å²) in [5, 5.41) is 16.2. The predicted octanol–water partition coefficient (Wildman–Crippen LogP) is 5.19. The second-order valence-electron chi connectivity index (χ2n) is 8.29. The van der Waals surface area contributed by atoms with Crippen molar-refractivity contribution in [2.45, 2.75) is 33.1 Å². The Labute approximate surface area is 187 Å². The largest absolute Gasteiger partial charge is 0.317 e. The lowest BCUT2D eigenvalue weighted by molar-refractivity contribution is 0.157. The zero-order chi connectivity index (χ0) is 23.9. The highest BCUT2D eigenvalue weighted by atomic mass is 19.3. The molecule has 33 heavy (non-hydrogen) atoms. The van der Waals surface area contributed by atoms with Gasteiger partial charge in [-0.1, -0.05) is 17.9 Å². The molecular formula is C24H21F4N5. The van der Waals surface area contributed by atoms with E-state index in [-0.39, 0.29) is 39.2 Å². The third-order valence-corrected chi connectivity index (χ3v) is 5.54. The van der Waals surface area contributed by atoms with Gasteiger partial charge in [-0.15, -0.1) is 0 Å². The van der Waals surface area contributed by atoms with Gasteiger partial charge in [-0.2, -0.15) is 4.98 Å². The number of fused-ring (bicyclic) bond motifs is 1. The van der Waals surface area contributed by atoms with Crippen LogP contribution in [-0.4, -0.2) is 28.4 Å². The molecule has 0 radical (unpaired) electrons. The van der Waals surface area contributed by atoms with Crippen LogP contribution in [0.4, 0.5) is 29.1 Å². The third kappa shape index (κ3) is 4.46. The highest BCUT2D eigenvalue weighted by Gasteiger charge is 2.35. The summed E-state index contributed by atoms with van der Waals surface area (Å²) in [6, 6.07) is 7.84. The molecule has 0 aliphatic heterocycles. The van der Waals surface area contributed by atoms with E-state index in [1.807, 2.05) is 6.92 Å². The number of hydrogen-bond donors (Lipinski definition) is 2. The Kier molecular flexibility index (Phi) is 5.70. The van der Waals surface area contributed by atoms with E-state index < -0.39 is 30.2 Å². The highest BCUT2D eigenvalue weighted by molar-refractivity contribution is 5.97. The van der Waals surface area contributed by atoms with Gasteiger partial charge in [0.25, 0.3) is 6.43 Å². The molecule has 0 amide bonds. The summed E-state index contributed by atoms with van der Waals surface area (Å²) >= 11 is 0. The van der Waals surface area contributed by atoms with E-state index in [2.05, 4.69) is 16.8 Å². The Morgan fingerprint density at radius 1 is 1.24 bits per heavy atom. The second-order valence-corrected chi connectivity index (χ2v) is 8.29. The molecule has 1 aliphatic rings. The maximum atomic E-state index is 15.5. The Bertz CT molecular complexity index is 1380. The molecule has 1 heterocycles. The first-order valence-corrected chi connectivity index (χ1v) is 10.3. The van der Waals surface area contributed by atoms with Crippen LogP contribution in [0.2, 0.25) is 0 Å². The Hall–Kier alpha value is -3.67. The molecule has 0 unspecified atom stereocenters. The minimum Gasteiger partial charge on any atom is -0.317 e. The molecule has 0 bridgehead atoms. The van der Waals surface area contributed by atoms with Crippen molar-refractivity contribution in [3.05, 3.63) is 59.2 Å². The zero-order valence-electron chi connectivity index (χ0n) is 18.0. The molecule has 4 rings (SSSR count). The number of rotatable bonds is 4. The Morgan fingerprint density at radius 3 is 2.61 bits per heavy atom. The summed E-state index contributed by atoms with van der Waals surface area (Å²) in [6.45, 7) is 2.45. The smallest absolute Gasteiger partial charge is 0.256 e. The number of aromatic nitrogens is 2. The maximum absolute atomic E-state index is 15.5. The number of hydrogen-bond acceptors (Lipinski definition) is 4. The van der Waals surface area contributed by atoms with Crippen LogP contribution in [0.3, 0.4) is 0 Å². The molecule has 2 N–H and O–H groups in total. The first-order valence-electron chi connectivity index (χ1n) is 10.3. The van der Waals surface area contributed by atoms with Crippen molar-refractivity contribution >= 4 is 28.2 Å². The predicted molar refractivity (Wildman–Crippen MR) is 118 cm³/mol. The van der Waals surface area contributed by atoms with Crippen LogP contribution in [0.25, 0.3) is 10.9 Å². The van der Waals surface area contributed by atoms with Crippen molar-refractivity contribution in [1.29, 1.82) is 10.8 Å². The Morgan fingerprint density at radius 2 is 1.97 bits per heavy atom. The third-order valence-electron chi connectivity index (χ3n) is 5.54. The number of alkyl halides is 2. The van der Waals surface area contributed by atoms with Gasteiger partial charge >= 0.3 is 0 Å². The fraction of sp³-hybridized carbons (Fsp3) is 0.292. The summed E-state index contributed by atoms with van der Waals surface area (Å²) in [4.78, 5) is 5.01. The van der Waals surface area contributed by atoms with Crippen LogP contribution < -0.4 is 10.5 Å². The minimum absolute atomic E-state index is 0.0582. The van der Waals surface area contributed by atoms with Crippen LogP contribution in [0.15, 0.2) is 36.4 Å². The van der Waals surface area contributed by atoms with Gasteiger partial charge in [0.2, 0.25) is 5.62 Å². The lowest BCUT2D eigenvalue weighted by Gasteiger charge is -2.26. The molecule has 0 spiro atoms. The molecule has 0 saturated heterocycles. The van der Waals surface area contributed by atoms with Crippen LogP contribution in [0.5, 0.6) is 0 Å². The lowest BCUT2D eigenvalue weighted by Crippen LogP contribution is -2.33. The molecule has 1 aromatic heterocycles. The molecule has 9 heteroatoms. The van der Waals surface area contributed by atoms with Crippen LogP contribution in [-0.2, 0) is 0 Å². The fourth-order valence-electron chi connectivity index (χ4n) is 3.54. The van der Waals surface area contributed by atoms with Crippen molar-refractivity contribution in [2.75, 3.05) is 11.4 Å². The molecule has 1 aliphatic carbocycles.